The molecule has 0 spiro atoms. The Morgan fingerprint density at radius 3 is 1.27 bits per heavy atom. The maximum Gasteiger partial charge on any atom is 0.251 e. The Kier molecular flexibility index (Phi) is 8.22. The van der Waals surface area contributed by atoms with E-state index >= 15 is 0 Å². The Morgan fingerprint density at radius 2 is 0.900 bits per heavy atom. The summed E-state index contributed by atoms with van der Waals surface area (Å²) in [5.74, 6) is -0.226. The van der Waals surface area contributed by atoms with Crippen LogP contribution in [0.15, 0.2) is 84.9 Å². The summed E-state index contributed by atoms with van der Waals surface area (Å²) in [5, 5.41) is 5.87. The van der Waals surface area contributed by atoms with Crippen molar-refractivity contribution in [2.45, 2.75) is 25.7 Å². The van der Waals surface area contributed by atoms with Crippen LogP contribution in [0, 0.1) is 0 Å². The zero-order chi connectivity index (χ0) is 21.0. The van der Waals surface area contributed by atoms with Gasteiger partial charge in [-0.15, -0.1) is 0 Å². The van der Waals surface area contributed by atoms with Crippen LogP contribution in [0.1, 0.15) is 44.7 Å². The SMILES string of the molecule is O=C(NCCCc1ccccc1)c1ccc(C(=O)NCCCc2ccccc2)cc1. The van der Waals surface area contributed by atoms with Crippen molar-refractivity contribution in [2.24, 2.45) is 0 Å². The Hall–Kier alpha value is -3.40. The van der Waals surface area contributed by atoms with Crippen molar-refractivity contribution >= 4 is 11.8 Å². The van der Waals surface area contributed by atoms with Crippen molar-refractivity contribution in [3.63, 3.8) is 0 Å². The predicted molar refractivity (Wildman–Crippen MR) is 121 cm³/mol. The van der Waals surface area contributed by atoms with Gasteiger partial charge in [0.1, 0.15) is 0 Å². The van der Waals surface area contributed by atoms with Crippen LogP contribution >= 0.6 is 0 Å². The summed E-state index contributed by atoms with van der Waals surface area (Å²) in [6, 6.07) is 27.3. The van der Waals surface area contributed by atoms with Crippen molar-refractivity contribution in [3.8, 4) is 0 Å². The average molecular weight is 401 g/mol. The van der Waals surface area contributed by atoms with Gasteiger partial charge in [-0.1, -0.05) is 60.7 Å². The molecule has 0 saturated carbocycles. The lowest BCUT2D eigenvalue weighted by atomic mass is 10.1. The number of rotatable bonds is 10. The molecule has 0 saturated heterocycles. The number of benzene rings is 3. The lowest BCUT2D eigenvalue weighted by molar-refractivity contribution is 0.0941. The second-order valence-corrected chi connectivity index (χ2v) is 7.27. The summed E-state index contributed by atoms with van der Waals surface area (Å²) in [6.07, 6.45) is 3.65. The zero-order valence-electron chi connectivity index (χ0n) is 17.1. The molecule has 0 aliphatic carbocycles. The molecule has 0 radical (unpaired) electrons. The molecule has 0 aliphatic rings. The monoisotopic (exact) mass is 400 g/mol. The maximum atomic E-state index is 12.3. The van der Waals surface area contributed by atoms with Crippen LogP contribution in [0.4, 0.5) is 0 Å². The molecule has 4 heteroatoms. The van der Waals surface area contributed by atoms with Gasteiger partial charge in [-0.25, -0.2) is 0 Å². The molecule has 2 N–H and O–H groups in total. The third kappa shape index (κ3) is 6.89. The van der Waals surface area contributed by atoms with Crippen LogP contribution in [-0.2, 0) is 12.8 Å². The van der Waals surface area contributed by atoms with Crippen LogP contribution < -0.4 is 10.6 Å². The van der Waals surface area contributed by atoms with Gasteiger partial charge in [-0.05, 0) is 61.1 Å². The van der Waals surface area contributed by atoms with E-state index in [4.69, 9.17) is 0 Å². The molecule has 0 aromatic heterocycles. The van der Waals surface area contributed by atoms with Crippen LogP contribution in [0.25, 0.3) is 0 Å². The average Bonchev–Trinajstić information content (AvgIpc) is 2.81. The number of carbonyl (C=O) groups is 2. The van der Waals surface area contributed by atoms with Gasteiger partial charge in [0.25, 0.3) is 11.8 Å². The maximum absolute atomic E-state index is 12.3. The Balaban J connectivity index is 1.36. The van der Waals surface area contributed by atoms with E-state index in [0.29, 0.717) is 24.2 Å². The molecule has 0 unspecified atom stereocenters. The molecule has 0 fully saturated rings. The minimum atomic E-state index is -0.113. The Morgan fingerprint density at radius 1 is 0.533 bits per heavy atom. The topological polar surface area (TPSA) is 58.2 Å². The van der Waals surface area contributed by atoms with Crippen molar-refractivity contribution in [2.75, 3.05) is 13.1 Å². The van der Waals surface area contributed by atoms with Gasteiger partial charge in [0, 0.05) is 24.2 Å². The van der Waals surface area contributed by atoms with Gasteiger partial charge >= 0.3 is 0 Å². The van der Waals surface area contributed by atoms with E-state index in [-0.39, 0.29) is 11.8 Å². The minimum Gasteiger partial charge on any atom is -0.352 e. The van der Waals surface area contributed by atoms with Crippen molar-refractivity contribution < 1.29 is 9.59 Å². The summed E-state index contributed by atoms with van der Waals surface area (Å²) in [7, 11) is 0. The number of hydrogen-bond donors (Lipinski definition) is 2. The largest absolute Gasteiger partial charge is 0.352 e. The number of aryl methyl sites for hydroxylation is 2. The molecule has 0 atom stereocenters. The quantitative estimate of drug-likeness (QED) is 0.495. The van der Waals surface area contributed by atoms with E-state index in [1.54, 1.807) is 24.3 Å². The van der Waals surface area contributed by atoms with Crippen molar-refractivity contribution in [1.82, 2.24) is 10.6 Å². The van der Waals surface area contributed by atoms with Crippen LogP contribution in [0.2, 0.25) is 0 Å². The van der Waals surface area contributed by atoms with Crippen LogP contribution in [-0.4, -0.2) is 24.9 Å². The van der Waals surface area contributed by atoms with Gasteiger partial charge < -0.3 is 10.6 Å². The number of amides is 2. The summed E-state index contributed by atoms with van der Waals surface area (Å²) >= 11 is 0. The standard InChI is InChI=1S/C26H28N2O2/c29-25(27-19-7-13-21-9-3-1-4-10-21)23-15-17-24(18-16-23)26(30)28-20-8-14-22-11-5-2-6-12-22/h1-6,9-12,15-18H,7-8,13-14,19-20H2,(H,27,29)(H,28,30). The van der Waals surface area contributed by atoms with Crippen molar-refractivity contribution in [3.05, 3.63) is 107 Å². The summed E-state index contributed by atoms with van der Waals surface area (Å²) in [4.78, 5) is 24.5. The first-order chi connectivity index (χ1) is 14.7. The molecule has 0 heterocycles. The summed E-state index contributed by atoms with van der Waals surface area (Å²) < 4.78 is 0. The van der Waals surface area contributed by atoms with E-state index in [0.717, 1.165) is 25.7 Å². The minimum absolute atomic E-state index is 0.113. The summed E-state index contributed by atoms with van der Waals surface area (Å²) in [5.41, 5.74) is 3.67. The van der Waals surface area contributed by atoms with E-state index in [9.17, 15) is 9.59 Å². The molecule has 3 aromatic carbocycles. The van der Waals surface area contributed by atoms with E-state index in [2.05, 4.69) is 34.9 Å². The number of carbonyl (C=O) groups excluding carboxylic acids is 2. The fourth-order valence-corrected chi connectivity index (χ4v) is 3.26. The second kappa shape index (κ2) is 11.6. The van der Waals surface area contributed by atoms with E-state index in [1.165, 1.54) is 11.1 Å². The molecule has 154 valence electrons. The van der Waals surface area contributed by atoms with Gasteiger partial charge in [-0.3, -0.25) is 9.59 Å². The predicted octanol–water partition coefficient (Wildman–Crippen LogP) is 4.41. The highest BCUT2D eigenvalue weighted by molar-refractivity contribution is 5.97. The molecule has 0 bridgehead atoms. The first-order valence-corrected chi connectivity index (χ1v) is 10.5. The highest BCUT2D eigenvalue weighted by Crippen LogP contribution is 2.06. The highest BCUT2D eigenvalue weighted by atomic mass is 16.2. The zero-order valence-corrected chi connectivity index (χ0v) is 17.1. The normalized spacial score (nSPS) is 10.4. The molecule has 4 nitrogen and oxygen atoms in total. The van der Waals surface area contributed by atoms with Gasteiger partial charge in [0.2, 0.25) is 0 Å². The first-order valence-electron chi connectivity index (χ1n) is 10.5. The number of nitrogens with one attached hydrogen (secondary N) is 2. The molecule has 3 aromatic rings. The molecule has 0 aliphatic heterocycles. The molecular formula is C26H28N2O2. The highest BCUT2D eigenvalue weighted by Gasteiger charge is 2.08. The van der Waals surface area contributed by atoms with Gasteiger partial charge in [0.05, 0.1) is 0 Å². The summed E-state index contributed by atoms with van der Waals surface area (Å²) in [6.45, 7) is 1.24. The lowest BCUT2D eigenvalue weighted by Crippen LogP contribution is -2.26. The van der Waals surface area contributed by atoms with E-state index in [1.807, 2.05) is 36.4 Å². The Labute approximate surface area is 178 Å². The molecule has 3 rings (SSSR count). The number of hydrogen-bond acceptors (Lipinski definition) is 2. The Bertz CT molecular complexity index is 844. The van der Waals surface area contributed by atoms with E-state index < -0.39 is 0 Å². The van der Waals surface area contributed by atoms with Crippen molar-refractivity contribution in [1.29, 1.82) is 0 Å². The lowest BCUT2D eigenvalue weighted by Gasteiger charge is -2.08. The fourth-order valence-electron chi connectivity index (χ4n) is 3.26. The van der Waals surface area contributed by atoms with Gasteiger partial charge in [0.15, 0.2) is 0 Å². The van der Waals surface area contributed by atoms with Crippen LogP contribution in [0.3, 0.4) is 0 Å². The molecular weight excluding hydrogens is 372 g/mol. The molecule has 30 heavy (non-hydrogen) atoms. The molecule has 2 amide bonds. The third-order valence-corrected chi connectivity index (χ3v) is 4.95. The van der Waals surface area contributed by atoms with Crippen LogP contribution in [0.5, 0.6) is 0 Å². The third-order valence-electron chi connectivity index (χ3n) is 4.95. The van der Waals surface area contributed by atoms with Gasteiger partial charge in [-0.2, -0.15) is 0 Å². The smallest absolute Gasteiger partial charge is 0.251 e. The first kappa shape index (κ1) is 21.3. The second-order valence-electron chi connectivity index (χ2n) is 7.27. The fraction of sp³-hybridized carbons (Fsp3) is 0.231.